The number of unbranched alkanes of at least 4 members (excludes halogenated alkanes) is 1. The fourth-order valence-electron chi connectivity index (χ4n) is 1.08. The summed E-state index contributed by atoms with van der Waals surface area (Å²) in [7, 11) is 2.06. The molecule has 0 atom stereocenters. The normalized spacial score (nSPS) is 12.6. The van der Waals surface area contributed by atoms with Crippen LogP contribution in [0.3, 0.4) is 0 Å². The fourth-order valence-corrected chi connectivity index (χ4v) is 1.45. The maximum absolute atomic E-state index is 10.8. The Morgan fingerprint density at radius 2 is 2.25 bits per heavy atom. The Morgan fingerprint density at radius 1 is 1.56 bits per heavy atom. The van der Waals surface area contributed by atoms with E-state index in [9.17, 15) is 4.79 Å². The largest absolute Gasteiger partial charge is 0.364 e. The molecule has 0 aliphatic rings. The van der Waals surface area contributed by atoms with Crippen molar-refractivity contribution in [3.63, 3.8) is 0 Å². The van der Waals surface area contributed by atoms with Crippen molar-refractivity contribution >= 4 is 22.7 Å². The molecular weight excluding hydrogens is 222 g/mol. The zero-order valence-corrected chi connectivity index (χ0v) is 11.1. The number of nitrogens with zero attached hydrogens (tertiary/aromatic N) is 2. The van der Waals surface area contributed by atoms with Crippen molar-refractivity contribution in [1.29, 1.82) is 0 Å². The van der Waals surface area contributed by atoms with Crippen molar-refractivity contribution in [2.24, 2.45) is 10.7 Å². The predicted molar refractivity (Wildman–Crippen MR) is 71.7 cm³/mol. The number of amides is 1. The van der Waals surface area contributed by atoms with Gasteiger partial charge < -0.3 is 10.6 Å². The van der Waals surface area contributed by atoms with Crippen molar-refractivity contribution in [1.82, 2.24) is 4.90 Å². The van der Waals surface area contributed by atoms with Gasteiger partial charge in [-0.05, 0) is 26.3 Å². The zero-order chi connectivity index (χ0) is 12.4. The molecule has 2 N–H and O–H groups in total. The molecule has 92 valence electrons. The molecular formula is C11H21N3OS. The van der Waals surface area contributed by atoms with Crippen LogP contribution >= 0.6 is 11.8 Å². The summed E-state index contributed by atoms with van der Waals surface area (Å²) in [6.07, 6.45) is 7.74. The van der Waals surface area contributed by atoms with Crippen LogP contribution in [0.25, 0.3) is 0 Å². The Hall–Kier alpha value is -0.810. The van der Waals surface area contributed by atoms with Gasteiger partial charge in [0.1, 0.15) is 0 Å². The Labute approximate surface area is 102 Å². The van der Waals surface area contributed by atoms with Gasteiger partial charge in [-0.15, -0.1) is 11.8 Å². The Morgan fingerprint density at radius 3 is 2.75 bits per heavy atom. The van der Waals surface area contributed by atoms with Crippen LogP contribution in [0.2, 0.25) is 0 Å². The number of carbonyl (C=O) groups excluding carboxylic acids is 1. The maximum Gasteiger partial charge on any atom is 0.273 e. The molecule has 0 aromatic heterocycles. The number of nitrogens with two attached hydrogens (primary N) is 1. The molecule has 0 radical (unpaired) electrons. The quantitative estimate of drug-likeness (QED) is 0.568. The molecule has 0 saturated heterocycles. The minimum Gasteiger partial charge on any atom is -0.364 e. The van der Waals surface area contributed by atoms with Gasteiger partial charge in [-0.25, -0.2) is 4.99 Å². The van der Waals surface area contributed by atoms with Crippen LogP contribution in [-0.4, -0.2) is 42.2 Å². The van der Waals surface area contributed by atoms with E-state index in [-0.39, 0.29) is 0 Å². The van der Waals surface area contributed by atoms with Crippen LogP contribution in [0.1, 0.15) is 19.8 Å². The van der Waals surface area contributed by atoms with E-state index in [0.29, 0.717) is 5.04 Å². The number of likely N-dealkylation sites (N-methyl/N-ethyl adjacent to an activating group) is 1. The van der Waals surface area contributed by atoms with Gasteiger partial charge in [0.15, 0.2) is 5.04 Å². The molecule has 4 nitrogen and oxygen atoms in total. The summed E-state index contributed by atoms with van der Waals surface area (Å²) in [5.74, 6) is -0.475. The number of hydrogen-bond donors (Lipinski definition) is 1. The third kappa shape index (κ3) is 7.48. The van der Waals surface area contributed by atoms with Crippen molar-refractivity contribution < 1.29 is 4.79 Å². The minimum absolute atomic E-state index is 0.340. The highest BCUT2D eigenvalue weighted by Gasteiger charge is 2.01. The number of rotatable bonds is 6. The Balaban J connectivity index is 3.95. The van der Waals surface area contributed by atoms with Gasteiger partial charge in [0.2, 0.25) is 0 Å². The van der Waals surface area contributed by atoms with Gasteiger partial charge in [0, 0.05) is 12.7 Å². The summed E-state index contributed by atoms with van der Waals surface area (Å²) in [5, 5.41) is 0.340. The molecule has 0 aromatic carbocycles. The molecule has 0 spiro atoms. The number of primary amides is 1. The second-order valence-corrected chi connectivity index (χ2v) is 4.30. The highest BCUT2D eigenvalue weighted by Crippen LogP contribution is 1.98. The lowest BCUT2D eigenvalue weighted by Crippen LogP contribution is -2.20. The average Bonchev–Trinajstić information content (AvgIpc) is 2.25. The first-order valence-electron chi connectivity index (χ1n) is 5.37. The molecule has 0 rings (SSSR count). The molecule has 0 heterocycles. The molecule has 5 heteroatoms. The second-order valence-electron chi connectivity index (χ2n) is 3.50. The molecule has 0 fully saturated rings. The Bertz CT molecular complexity index is 264. The first kappa shape index (κ1) is 15.2. The first-order valence-corrected chi connectivity index (χ1v) is 6.59. The van der Waals surface area contributed by atoms with E-state index in [1.54, 1.807) is 12.5 Å². The van der Waals surface area contributed by atoms with E-state index < -0.39 is 5.91 Å². The molecule has 0 unspecified atom stereocenters. The summed E-state index contributed by atoms with van der Waals surface area (Å²) < 4.78 is 0. The molecule has 0 aromatic rings. The summed E-state index contributed by atoms with van der Waals surface area (Å²) in [4.78, 5) is 17.0. The number of hydrogen-bond acceptors (Lipinski definition) is 4. The molecule has 1 amide bonds. The number of carbonyl (C=O) groups is 1. The second kappa shape index (κ2) is 9.42. The molecule has 16 heavy (non-hydrogen) atoms. The van der Waals surface area contributed by atoms with Crippen LogP contribution in [-0.2, 0) is 4.79 Å². The highest BCUT2D eigenvalue weighted by molar-refractivity contribution is 8.15. The third-order valence-corrected chi connectivity index (χ3v) is 2.71. The summed E-state index contributed by atoms with van der Waals surface area (Å²) in [6.45, 7) is 4.09. The Kier molecular flexibility index (Phi) is 8.94. The topological polar surface area (TPSA) is 58.7 Å². The third-order valence-electron chi connectivity index (χ3n) is 2.01. The van der Waals surface area contributed by atoms with Gasteiger partial charge in [-0.1, -0.05) is 19.4 Å². The van der Waals surface area contributed by atoms with Crippen LogP contribution < -0.4 is 5.73 Å². The lowest BCUT2D eigenvalue weighted by molar-refractivity contribution is -0.111. The molecule has 0 saturated carbocycles. The maximum atomic E-state index is 10.8. The predicted octanol–water partition coefficient (Wildman–Crippen LogP) is 1.48. The summed E-state index contributed by atoms with van der Waals surface area (Å²) in [5.41, 5.74) is 5.12. The van der Waals surface area contributed by atoms with Gasteiger partial charge >= 0.3 is 0 Å². The van der Waals surface area contributed by atoms with Crippen LogP contribution in [0, 0.1) is 0 Å². The summed E-state index contributed by atoms with van der Waals surface area (Å²) in [6, 6.07) is 0. The van der Waals surface area contributed by atoms with E-state index in [1.165, 1.54) is 24.6 Å². The summed E-state index contributed by atoms with van der Waals surface area (Å²) >= 11 is 1.26. The van der Waals surface area contributed by atoms with Crippen LogP contribution in [0.4, 0.5) is 0 Å². The van der Waals surface area contributed by atoms with E-state index in [2.05, 4.69) is 23.9 Å². The minimum atomic E-state index is -0.475. The van der Waals surface area contributed by atoms with Crippen LogP contribution in [0.15, 0.2) is 17.3 Å². The first-order chi connectivity index (χ1) is 7.61. The van der Waals surface area contributed by atoms with Gasteiger partial charge in [0.05, 0.1) is 0 Å². The van der Waals surface area contributed by atoms with Crippen molar-refractivity contribution in [3.8, 4) is 0 Å². The van der Waals surface area contributed by atoms with Crippen molar-refractivity contribution in [2.45, 2.75) is 19.8 Å². The molecule has 0 aliphatic heterocycles. The number of thioether (sulfide) groups is 1. The monoisotopic (exact) mass is 243 g/mol. The van der Waals surface area contributed by atoms with Gasteiger partial charge in [0.25, 0.3) is 5.91 Å². The zero-order valence-electron chi connectivity index (χ0n) is 10.3. The van der Waals surface area contributed by atoms with E-state index in [1.807, 2.05) is 6.08 Å². The number of aliphatic imine (C=N–C) groups is 1. The van der Waals surface area contributed by atoms with E-state index in [0.717, 1.165) is 13.1 Å². The van der Waals surface area contributed by atoms with Gasteiger partial charge in [-0.3, -0.25) is 4.79 Å². The molecule has 0 aliphatic carbocycles. The smallest absolute Gasteiger partial charge is 0.273 e. The standard InChI is InChI=1S/C11H21N3OS/c1-4-5-8-14(2)9-6-7-13-11(16-3)10(12)15/h6-7H,4-5,8-9H2,1-3H3,(H2,12,15)/b7-6+,13-11?. The fraction of sp³-hybridized carbons (Fsp3) is 0.636. The van der Waals surface area contributed by atoms with E-state index in [4.69, 9.17) is 5.73 Å². The van der Waals surface area contributed by atoms with Crippen molar-refractivity contribution in [3.05, 3.63) is 12.3 Å². The van der Waals surface area contributed by atoms with Gasteiger partial charge in [-0.2, -0.15) is 0 Å². The van der Waals surface area contributed by atoms with Crippen LogP contribution in [0.5, 0.6) is 0 Å². The lowest BCUT2D eigenvalue weighted by Gasteiger charge is -2.12. The van der Waals surface area contributed by atoms with E-state index >= 15 is 0 Å². The highest BCUT2D eigenvalue weighted by atomic mass is 32.2. The molecule has 0 bridgehead atoms. The van der Waals surface area contributed by atoms with Crippen molar-refractivity contribution in [2.75, 3.05) is 26.4 Å². The SMILES string of the molecule is CCCCN(C)C/C=C/N=C(SC)C(N)=O. The average molecular weight is 243 g/mol. The lowest BCUT2D eigenvalue weighted by atomic mass is 10.3.